The van der Waals surface area contributed by atoms with Gasteiger partial charge in [0.2, 0.25) is 0 Å². The summed E-state index contributed by atoms with van der Waals surface area (Å²) in [5.41, 5.74) is 2.71. The first-order valence-electron chi connectivity index (χ1n) is 8.39. The number of carbonyl (C=O) groups excluding carboxylic acids is 1. The first kappa shape index (κ1) is 17.0. The summed E-state index contributed by atoms with van der Waals surface area (Å²) in [4.78, 5) is 25.7. The minimum absolute atomic E-state index is 0.0917. The molecule has 1 amide bonds. The molecule has 1 atom stereocenters. The second-order valence-corrected chi connectivity index (χ2v) is 6.11. The van der Waals surface area contributed by atoms with Crippen molar-refractivity contribution in [2.75, 3.05) is 13.2 Å². The van der Waals surface area contributed by atoms with E-state index in [1.165, 1.54) is 0 Å². The Morgan fingerprint density at radius 1 is 1.16 bits per heavy atom. The van der Waals surface area contributed by atoms with Crippen molar-refractivity contribution in [2.45, 2.75) is 25.8 Å². The fourth-order valence-electron chi connectivity index (χ4n) is 3.18. The van der Waals surface area contributed by atoms with Gasteiger partial charge in [-0.1, -0.05) is 49.4 Å². The Balaban J connectivity index is 1.72. The van der Waals surface area contributed by atoms with Gasteiger partial charge in [0.25, 0.3) is 5.91 Å². The largest absolute Gasteiger partial charge is 0.483 e. The van der Waals surface area contributed by atoms with Crippen LogP contribution in [0.5, 0.6) is 5.75 Å². The molecule has 2 aromatic rings. The third-order valence-electron chi connectivity index (χ3n) is 4.55. The molecule has 1 N–H and O–H groups in total. The van der Waals surface area contributed by atoms with Gasteiger partial charge in [0.05, 0.1) is 5.92 Å². The summed E-state index contributed by atoms with van der Waals surface area (Å²) in [6, 6.07) is 15.0. The average Bonchev–Trinajstić information content (AvgIpc) is 2.65. The number of carboxylic acids is 1. The number of amides is 1. The van der Waals surface area contributed by atoms with E-state index in [9.17, 15) is 14.7 Å². The summed E-state index contributed by atoms with van der Waals surface area (Å²) in [6.07, 6.45) is 0.822. The topological polar surface area (TPSA) is 66.8 Å². The van der Waals surface area contributed by atoms with Crippen molar-refractivity contribution in [3.05, 3.63) is 65.2 Å². The van der Waals surface area contributed by atoms with E-state index in [-0.39, 0.29) is 19.1 Å². The zero-order valence-electron chi connectivity index (χ0n) is 14.1. The number of benzene rings is 2. The third-order valence-corrected chi connectivity index (χ3v) is 4.55. The number of nitrogens with zero attached hydrogens (tertiary/aromatic N) is 1. The lowest BCUT2D eigenvalue weighted by atomic mass is 9.90. The van der Waals surface area contributed by atoms with Crippen molar-refractivity contribution in [2.24, 2.45) is 0 Å². The number of aryl methyl sites for hydroxylation is 1. The number of carbonyl (C=O) groups is 2. The molecule has 3 rings (SSSR count). The second-order valence-electron chi connectivity index (χ2n) is 6.11. The van der Waals surface area contributed by atoms with E-state index in [1.54, 1.807) is 4.90 Å². The van der Waals surface area contributed by atoms with Crippen LogP contribution >= 0.6 is 0 Å². The van der Waals surface area contributed by atoms with Crippen molar-refractivity contribution in [3.63, 3.8) is 0 Å². The molecular weight excluding hydrogens is 318 g/mol. The Morgan fingerprint density at radius 3 is 2.64 bits per heavy atom. The molecule has 2 aromatic carbocycles. The Hall–Kier alpha value is -2.82. The molecule has 0 aliphatic carbocycles. The van der Waals surface area contributed by atoms with Crippen LogP contribution in [-0.4, -0.2) is 35.0 Å². The number of carboxylic acid groups (broad SMARTS) is 1. The minimum atomic E-state index is -0.915. The van der Waals surface area contributed by atoms with Crippen molar-refractivity contribution in [3.8, 4) is 5.75 Å². The van der Waals surface area contributed by atoms with Crippen LogP contribution in [0.4, 0.5) is 0 Å². The summed E-state index contributed by atoms with van der Waals surface area (Å²) in [7, 11) is 0. The zero-order chi connectivity index (χ0) is 17.8. The van der Waals surface area contributed by atoms with Gasteiger partial charge >= 0.3 is 5.97 Å². The van der Waals surface area contributed by atoms with Crippen LogP contribution in [0.2, 0.25) is 0 Å². The molecule has 0 fully saturated rings. The lowest BCUT2D eigenvalue weighted by Gasteiger charge is -2.32. The Kier molecular flexibility index (Phi) is 5.03. The summed E-state index contributed by atoms with van der Waals surface area (Å²) < 4.78 is 5.69. The quantitative estimate of drug-likeness (QED) is 0.910. The summed E-state index contributed by atoms with van der Waals surface area (Å²) >= 11 is 0. The van der Waals surface area contributed by atoms with Gasteiger partial charge in [-0.2, -0.15) is 0 Å². The van der Waals surface area contributed by atoms with Crippen LogP contribution in [0.25, 0.3) is 0 Å². The maximum atomic E-state index is 12.6. The molecule has 0 radical (unpaired) electrons. The zero-order valence-corrected chi connectivity index (χ0v) is 14.1. The van der Waals surface area contributed by atoms with Gasteiger partial charge < -0.3 is 14.7 Å². The molecular formula is C20H21NO4. The van der Waals surface area contributed by atoms with Crippen LogP contribution < -0.4 is 4.74 Å². The van der Waals surface area contributed by atoms with E-state index in [0.29, 0.717) is 12.3 Å². The maximum Gasteiger partial charge on any atom is 0.312 e. The van der Waals surface area contributed by atoms with Crippen LogP contribution in [0.1, 0.15) is 29.5 Å². The number of aliphatic carboxylic acids is 1. The highest BCUT2D eigenvalue weighted by Gasteiger charge is 2.32. The van der Waals surface area contributed by atoms with E-state index in [0.717, 1.165) is 23.1 Å². The fourth-order valence-corrected chi connectivity index (χ4v) is 3.18. The van der Waals surface area contributed by atoms with Crippen molar-refractivity contribution < 1.29 is 19.4 Å². The van der Waals surface area contributed by atoms with Crippen LogP contribution in [0.15, 0.2) is 48.5 Å². The highest BCUT2D eigenvalue weighted by Crippen LogP contribution is 2.28. The first-order chi connectivity index (χ1) is 12.1. The summed E-state index contributed by atoms with van der Waals surface area (Å²) in [6.45, 7) is 2.52. The highest BCUT2D eigenvalue weighted by molar-refractivity contribution is 5.82. The van der Waals surface area contributed by atoms with Gasteiger partial charge in [-0.05, 0) is 29.2 Å². The lowest BCUT2D eigenvalue weighted by molar-refractivity contribution is -0.142. The van der Waals surface area contributed by atoms with Crippen LogP contribution in [0.3, 0.4) is 0 Å². The molecule has 5 heteroatoms. The molecule has 0 saturated carbocycles. The van der Waals surface area contributed by atoms with E-state index in [2.05, 4.69) is 0 Å². The van der Waals surface area contributed by atoms with Gasteiger partial charge in [-0.15, -0.1) is 0 Å². The van der Waals surface area contributed by atoms with Gasteiger partial charge in [-0.3, -0.25) is 9.59 Å². The van der Waals surface area contributed by atoms with Crippen LogP contribution in [-0.2, 0) is 22.6 Å². The molecule has 1 aliphatic heterocycles. The van der Waals surface area contributed by atoms with Crippen molar-refractivity contribution in [1.29, 1.82) is 0 Å². The average molecular weight is 339 g/mol. The molecule has 0 spiro atoms. The predicted molar refractivity (Wildman–Crippen MR) is 93.6 cm³/mol. The highest BCUT2D eigenvalue weighted by atomic mass is 16.5. The molecule has 5 nitrogen and oxygen atoms in total. The normalized spacial score (nSPS) is 16.2. The predicted octanol–water partition coefficient (Wildman–Crippen LogP) is 2.84. The van der Waals surface area contributed by atoms with E-state index in [1.807, 2.05) is 55.5 Å². The molecule has 1 aliphatic rings. The van der Waals surface area contributed by atoms with Gasteiger partial charge in [-0.25, -0.2) is 0 Å². The molecule has 0 bridgehead atoms. The van der Waals surface area contributed by atoms with Gasteiger partial charge in [0.15, 0.2) is 6.61 Å². The summed E-state index contributed by atoms with van der Waals surface area (Å²) in [5, 5.41) is 9.49. The molecule has 0 saturated heterocycles. The standard InChI is InChI=1S/C20H21NO4/c1-2-14-7-4-6-10-18(14)25-13-19(22)21-11-15-8-3-5-9-16(15)17(12-21)20(23)24/h3-10,17H,2,11-13H2,1H3,(H,23,24). The second kappa shape index (κ2) is 7.38. The maximum absolute atomic E-state index is 12.6. The van der Waals surface area contributed by atoms with E-state index in [4.69, 9.17) is 4.74 Å². The number of ether oxygens (including phenoxy) is 1. The van der Waals surface area contributed by atoms with Crippen LogP contribution in [0, 0.1) is 0 Å². The Bertz CT molecular complexity index is 787. The van der Waals surface area contributed by atoms with Crippen molar-refractivity contribution in [1.82, 2.24) is 4.90 Å². The van der Waals surface area contributed by atoms with Gasteiger partial charge in [0, 0.05) is 13.1 Å². The van der Waals surface area contributed by atoms with E-state index >= 15 is 0 Å². The fraction of sp³-hybridized carbons (Fsp3) is 0.300. The number of hydrogen-bond acceptors (Lipinski definition) is 3. The SMILES string of the molecule is CCc1ccccc1OCC(=O)N1Cc2ccccc2C(C(=O)O)C1. The Morgan fingerprint density at radius 2 is 1.88 bits per heavy atom. The molecule has 0 aromatic heterocycles. The minimum Gasteiger partial charge on any atom is -0.483 e. The molecule has 130 valence electrons. The summed E-state index contributed by atoms with van der Waals surface area (Å²) in [5.74, 6) is -1.11. The first-order valence-corrected chi connectivity index (χ1v) is 8.39. The smallest absolute Gasteiger partial charge is 0.312 e. The third kappa shape index (κ3) is 3.65. The number of rotatable bonds is 5. The number of fused-ring (bicyclic) bond motifs is 1. The number of hydrogen-bond donors (Lipinski definition) is 1. The number of para-hydroxylation sites is 1. The molecule has 25 heavy (non-hydrogen) atoms. The van der Waals surface area contributed by atoms with Crippen molar-refractivity contribution >= 4 is 11.9 Å². The Labute approximate surface area is 146 Å². The molecule has 1 unspecified atom stereocenters. The monoisotopic (exact) mass is 339 g/mol. The van der Waals surface area contributed by atoms with E-state index < -0.39 is 11.9 Å². The molecule has 1 heterocycles. The lowest BCUT2D eigenvalue weighted by Crippen LogP contribution is -2.42. The van der Waals surface area contributed by atoms with Gasteiger partial charge in [0.1, 0.15) is 5.75 Å².